The van der Waals surface area contributed by atoms with E-state index in [4.69, 9.17) is 0 Å². The molecular weight excluding hydrogens is 266 g/mol. The van der Waals surface area contributed by atoms with E-state index in [1.807, 2.05) is 51.1 Å². The Labute approximate surface area is 126 Å². The van der Waals surface area contributed by atoms with E-state index in [0.29, 0.717) is 25.6 Å². The highest BCUT2D eigenvalue weighted by molar-refractivity contribution is 5.83. The fraction of sp³-hybridized carbons (Fsp3) is 0.500. The number of hydrogen-bond donors (Lipinski definition) is 2. The maximum absolute atomic E-state index is 12.1. The first-order valence-electron chi connectivity index (χ1n) is 7.36. The maximum atomic E-state index is 12.1. The third-order valence-electron chi connectivity index (χ3n) is 3.02. The van der Waals surface area contributed by atoms with Crippen LogP contribution in [-0.4, -0.2) is 36.5 Å². The normalized spacial score (nSPS) is 10.3. The summed E-state index contributed by atoms with van der Waals surface area (Å²) in [6.45, 7) is 7.76. The van der Waals surface area contributed by atoms with Gasteiger partial charge in [-0.25, -0.2) is 4.79 Å². The van der Waals surface area contributed by atoms with E-state index in [1.165, 1.54) is 0 Å². The van der Waals surface area contributed by atoms with Crippen LogP contribution in [0.1, 0.15) is 26.3 Å². The summed E-state index contributed by atoms with van der Waals surface area (Å²) >= 11 is 0. The number of likely N-dealkylation sites (N-methyl/N-ethyl adjacent to an activating group) is 1. The quantitative estimate of drug-likeness (QED) is 0.807. The lowest BCUT2D eigenvalue weighted by Crippen LogP contribution is -2.44. The predicted molar refractivity (Wildman–Crippen MR) is 83.8 cm³/mol. The van der Waals surface area contributed by atoms with Crippen LogP contribution in [0.5, 0.6) is 0 Å². The van der Waals surface area contributed by atoms with Crippen LogP contribution < -0.4 is 10.6 Å². The van der Waals surface area contributed by atoms with Crippen LogP contribution >= 0.6 is 0 Å². The van der Waals surface area contributed by atoms with E-state index in [-0.39, 0.29) is 18.5 Å². The van der Waals surface area contributed by atoms with Crippen LogP contribution in [0.3, 0.4) is 0 Å². The summed E-state index contributed by atoms with van der Waals surface area (Å²) in [4.78, 5) is 25.4. The molecule has 0 heterocycles. The van der Waals surface area contributed by atoms with Gasteiger partial charge >= 0.3 is 6.03 Å². The summed E-state index contributed by atoms with van der Waals surface area (Å²) in [5, 5.41) is 5.32. The van der Waals surface area contributed by atoms with Crippen molar-refractivity contribution in [3.8, 4) is 0 Å². The van der Waals surface area contributed by atoms with E-state index in [1.54, 1.807) is 4.90 Å². The third kappa shape index (κ3) is 6.79. The first-order chi connectivity index (χ1) is 10.0. The number of rotatable bonds is 7. The molecule has 5 heteroatoms. The van der Waals surface area contributed by atoms with Crippen LogP contribution in [0.4, 0.5) is 4.79 Å². The molecule has 0 aliphatic rings. The summed E-state index contributed by atoms with van der Waals surface area (Å²) in [5.41, 5.74) is 1.08. The molecule has 0 aliphatic carbocycles. The van der Waals surface area contributed by atoms with Gasteiger partial charge in [-0.1, -0.05) is 44.2 Å². The molecule has 1 rings (SSSR count). The highest BCUT2D eigenvalue weighted by atomic mass is 16.2. The number of carbonyl (C=O) groups excluding carboxylic acids is 2. The van der Waals surface area contributed by atoms with Crippen molar-refractivity contribution in [2.75, 3.05) is 19.6 Å². The average Bonchev–Trinajstić information content (AvgIpc) is 2.49. The van der Waals surface area contributed by atoms with Gasteiger partial charge in [0.1, 0.15) is 0 Å². The molecule has 2 N–H and O–H groups in total. The topological polar surface area (TPSA) is 61.4 Å². The molecule has 3 amide bonds. The molecule has 0 aromatic heterocycles. The van der Waals surface area contributed by atoms with Crippen LogP contribution in [0.15, 0.2) is 30.3 Å². The number of urea groups is 1. The van der Waals surface area contributed by atoms with Crippen molar-refractivity contribution in [2.45, 2.75) is 27.3 Å². The second-order valence-electron chi connectivity index (χ2n) is 5.35. The SMILES string of the molecule is CCN(Cc1ccccc1)C(=O)CNC(=O)NCC(C)C. The molecule has 0 bridgehead atoms. The summed E-state index contributed by atoms with van der Waals surface area (Å²) in [6.07, 6.45) is 0. The minimum Gasteiger partial charge on any atom is -0.338 e. The molecule has 0 atom stereocenters. The second-order valence-corrected chi connectivity index (χ2v) is 5.35. The minimum absolute atomic E-state index is 0.0185. The van der Waals surface area contributed by atoms with Crippen molar-refractivity contribution >= 4 is 11.9 Å². The molecule has 0 fully saturated rings. The number of carbonyl (C=O) groups is 2. The van der Waals surface area contributed by atoms with Crippen molar-refractivity contribution in [1.82, 2.24) is 15.5 Å². The first kappa shape index (κ1) is 17.0. The Morgan fingerprint density at radius 3 is 2.38 bits per heavy atom. The molecule has 5 nitrogen and oxygen atoms in total. The molecule has 0 saturated heterocycles. The Balaban J connectivity index is 2.39. The lowest BCUT2D eigenvalue weighted by atomic mass is 10.2. The van der Waals surface area contributed by atoms with Crippen molar-refractivity contribution in [2.24, 2.45) is 5.92 Å². The number of amides is 3. The van der Waals surface area contributed by atoms with E-state index in [0.717, 1.165) is 5.56 Å². The second kappa shape index (κ2) is 9.00. The molecule has 1 aromatic carbocycles. The minimum atomic E-state index is -0.298. The molecule has 0 unspecified atom stereocenters. The largest absolute Gasteiger partial charge is 0.338 e. The molecule has 0 spiro atoms. The lowest BCUT2D eigenvalue weighted by molar-refractivity contribution is -0.130. The zero-order chi connectivity index (χ0) is 15.7. The lowest BCUT2D eigenvalue weighted by Gasteiger charge is -2.21. The number of hydrogen-bond acceptors (Lipinski definition) is 2. The van der Waals surface area contributed by atoms with Gasteiger partial charge in [0.25, 0.3) is 0 Å². The van der Waals surface area contributed by atoms with Crippen molar-refractivity contribution in [3.63, 3.8) is 0 Å². The molecular formula is C16H25N3O2. The molecule has 116 valence electrons. The summed E-state index contributed by atoms with van der Waals surface area (Å²) in [6, 6.07) is 9.52. The molecule has 0 aliphatic heterocycles. The van der Waals surface area contributed by atoms with Crippen molar-refractivity contribution < 1.29 is 9.59 Å². The number of benzene rings is 1. The van der Waals surface area contributed by atoms with E-state index >= 15 is 0 Å². The first-order valence-corrected chi connectivity index (χ1v) is 7.36. The van der Waals surface area contributed by atoms with Crippen molar-refractivity contribution in [1.29, 1.82) is 0 Å². The molecule has 0 radical (unpaired) electrons. The van der Waals surface area contributed by atoms with Gasteiger partial charge in [0.15, 0.2) is 0 Å². The summed E-state index contributed by atoms with van der Waals surface area (Å²) in [7, 11) is 0. The van der Waals surface area contributed by atoms with E-state index < -0.39 is 0 Å². The Morgan fingerprint density at radius 1 is 1.14 bits per heavy atom. The summed E-state index contributed by atoms with van der Waals surface area (Å²) < 4.78 is 0. The highest BCUT2D eigenvalue weighted by Crippen LogP contribution is 2.04. The van der Waals surface area contributed by atoms with E-state index in [9.17, 15) is 9.59 Å². The Morgan fingerprint density at radius 2 is 1.81 bits per heavy atom. The zero-order valence-corrected chi connectivity index (χ0v) is 13.1. The van der Waals surface area contributed by atoms with Gasteiger partial charge in [-0.05, 0) is 18.4 Å². The zero-order valence-electron chi connectivity index (χ0n) is 13.1. The van der Waals surface area contributed by atoms with Gasteiger partial charge in [0, 0.05) is 19.6 Å². The predicted octanol–water partition coefficient (Wildman–Crippen LogP) is 1.99. The number of nitrogens with zero attached hydrogens (tertiary/aromatic N) is 1. The fourth-order valence-corrected chi connectivity index (χ4v) is 1.81. The third-order valence-corrected chi connectivity index (χ3v) is 3.02. The average molecular weight is 291 g/mol. The van der Waals surface area contributed by atoms with Crippen LogP contribution in [0, 0.1) is 5.92 Å². The fourth-order valence-electron chi connectivity index (χ4n) is 1.81. The Bertz CT molecular complexity index is 446. The van der Waals surface area contributed by atoms with Gasteiger partial charge in [-0.2, -0.15) is 0 Å². The van der Waals surface area contributed by atoms with Crippen molar-refractivity contribution in [3.05, 3.63) is 35.9 Å². The summed E-state index contributed by atoms with van der Waals surface area (Å²) in [5.74, 6) is 0.303. The standard InChI is InChI=1S/C16H25N3O2/c1-4-19(12-14-8-6-5-7-9-14)15(20)11-18-16(21)17-10-13(2)3/h5-9,13H,4,10-12H2,1-3H3,(H2,17,18,21). The van der Waals surface area contributed by atoms with Gasteiger partial charge in [-0.3, -0.25) is 4.79 Å². The number of nitrogens with one attached hydrogen (secondary N) is 2. The van der Waals surface area contributed by atoms with Gasteiger partial charge in [0.2, 0.25) is 5.91 Å². The molecule has 21 heavy (non-hydrogen) atoms. The van der Waals surface area contributed by atoms with Crippen LogP contribution in [0.2, 0.25) is 0 Å². The van der Waals surface area contributed by atoms with Crippen LogP contribution in [0.25, 0.3) is 0 Å². The highest BCUT2D eigenvalue weighted by Gasteiger charge is 2.13. The van der Waals surface area contributed by atoms with Gasteiger partial charge < -0.3 is 15.5 Å². The van der Waals surface area contributed by atoms with Gasteiger partial charge in [0.05, 0.1) is 6.54 Å². The van der Waals surface area contributed by atoms with E-state index in [2.05, 4.69) is 10.6 Å². The van der Waals surface area contributed by atoms with Gasteiger partial charge in [-0.15, -0.1) is 0 Å². The molecule has 0 saturated carbocycles. The monoisotopic (exact) mass is 291 g/mol. The smallest absolute Gasteiger partial charge is 0.315 e. The maximum Gasteiger partial charge on any atom is 0.315 e. The Kier molecular flexibility index (Phi) is 7.29. The molecule has 1 aromatic rings. The Hall–Kier alpha value is -2.04. The van der Waals surface area contributed by atoms with Crippen LogP contribution in [-0.2, 0) is 11.3 Å².